The average Bonchev–Trinajstić information content (AvgIpc) is 2.55. The number of piperidine rings is 1. The quantitative estimate of drug-likeness (QED) is 0.707. The molecule has 7 nitrogen and oxygen atoms in total. The van der Waals surface area contributed by atoms with Gasteiger partial charge in [-0.3, -0.25) is 19.3 Å². The zero-order valence-corrected chi connectivity index (χ0v) is 15.0. The van der Waals surface area contributed by atoms with E-state index in [9.17, 15) is 14.4 Å². The lowest BCUT2D eigenvalue weighted by atomic mass is 9.98. The Morgan fingerprint density at radius 3 is 2.76 bits per heavy atom. The number of anilines is 1. The van der Waals surface area contributed by atoms with Gasteiger partial charge in [0.2, 0.25) is 5.91 Å². The normalized spacial score (nSPS) is 17.2. The predicted octanol–water partition coefficient (Wildman–Crippen LogP) is 1.59. The molecule has 0 aliphatic carbocycles. The van der Waals surface area contributed by atoms with Crippen molar-refractivity contribution in [3.63, 3.8) is 0 Å². The Morgan fingerprint density at radius 2 is 2.08 bits per heavy atom. The second kappa shape index (κ2) is 10.0. The molecule has 3 N–H and O–H groups in total. The van der Waals surface area contributed by atoms with Crippen LogP contribution in [0.3, 0.4) is 0 Å². The summed E-state index contributed by atoms with van der Waals surface area (Å²) < 4.78 is 0. The third kappa shape index (κ3) is 6.36. The van der Waals surface area contributed by atoms with Gasteiger partial charge in [0.05, 0.1) is 12.5 Å². The van der Waals surface area contributed by atoms with Gasteiger partial charge in [-0.25, -0.2) is 0 Å². The highest BCUT2D eigenvalue weighted by Crippen LogP contribution is 2.17. The van der Waals surface area contributed by atoms with Crippen molar-refractivity contribution in [1.29, 1.82) is 0 Å². The highest BCUT2D eigenvalue weighted by Gasteiger charge is 2.26. The predicted molar refractivity (Wildman–Crippen MR) is 97.1 cm³/mol. The van der Waals surface area contributed by atoms with Crippen molar-refractivity contribution in [2.45, 2.75) is 19.8 Å². The van der Waals surface area contributed by atoms with Gasteiger partial charge < -0.3 is 15.7 Å². The van der Waals surface area contributed by atoms with Crippen LogP contribution in [0.4, 0.5) is 5.69 Å². The number of carbonyl (C=O) groups is 3. The van der Waals surface area contributed by atoms with Crippen molar-refractivity contribution in [3.05, 3.63) is 29.8 Å². The average molecular weight is 370 g/mol. The van der Waals surface area contributed by atoms with Gasteiger partial charge in [0, 0.05) is 24.3 Å². The number of aliphatic carboxylic acids is 1. The van der Waals surface area contributed by atoms with Crippen molar-refractivity contribution in [1.82, 2.24) is 10.2 Å². The molecule has 2 rings (SSSR count). The van der Waals surface area contributed by atoms with E-state index in [1.54, 1.807) is 24.3 Å². The number of likely N-dealkylation sites (tertiary alicyclic amines) is 1. The Bertz CT molecular complexity index is 624. The molecule has 8 heteroatoms. The molecule has 2 amide bonds. The monoisotopic (exact) mass is 369 g/mol. The van der Waals surface area contributed by atoms with Crippen LogP contribution in [0.2, 0.25) is 0 Å². The summed E-state index contributed by atoms with van der Waals surface area (Å²) in [6, 6.07) is 6.74. The van der Waals surface area contributed by atoms with Crippen LogP contribution in [0.1, 0.15) is 30.1 Å². The van der Waals surface area contributed by atoms with E-state index in [4.69, 9.17) is 5.11 Å². The van der Waals surface area contributed by atoms with Gasteiger partial charge >= 0.3 is 5.97 Å². The molecule has 25 heavy (non-hydrogen) atoms. The summed E-state index contributed by atoms with van der Waals surface area (Å²) in [4.78, 5) is 36.9. The first kappa shape index (κ1) is 20.9. The molecular weight excluding hydrogens is 346 g/mol. The molecule has 1 aliphatic heterocycles. The molecule has 1 heterocycles. The van der Waals surface area contributed by atoms with Crippen LogP contribution in [0.5, 0.6) is 0 Å². The van der Waals surface area contributed by atoms with Crippen LogP contribution < -0.4 is 10.6 Å². The summed E-state index contributed by atoms with van der Waals surface area (Å²) in [5.41, 5.74) is 1.04. The van der Waals surface area contributed by atoms with Gasteiger partial charge in [-0.15, -0.1) is 12.4 Å². The molecule has 1 aromatic rings. The standard InChI is InChI=1S/C17H23N3O4.ClH/c1-2-18-16(22)12-5-3-7-14(9-12)19-15(21)11-20-8-4-6-13(10-20)17(23)24;/h3,5,7,9,13H,2,4,6,8,10-11H2,1H3,(H,18,22)(H,19,21)(H,23,24);1H. The van der Waals surface area contributed by atoms with Crippen LogP contribution in [0, 0.1) is 5.92 Å². The van der Waals surface area contributed by atoms with E-state index in [1.807, 2.05) is 11.8 Å². The first-order valence-electron chi connectivity index (χ1n) is 8.13. The summed E-state index contributed by atoms with van der Waals surface area (Å²) in [6.07, 6.45) is 1.43. The third-order valence-electron chi connectivity index (χ3n) is 3.97. The molecule has 1 saturated heterocycles. The number of nitrogens with one attached hydrogen (secondary N) is 2. The van der Waals surface area contributed by atoms with E-state index in [0.29, 0.717) is 30.8 Å². The zero-order chi connectivity index (χ0) is 17.5. The third-order valence-corrected chi connectivity index (χ3v) is 3.97. The lowest BCUT2D eigenvalue weighted by Crippen LogP contribution is -2.42. The molecule has 138 valence electrons. The van der Waals surface area contributed by atoms with E-state index < -0.39 is 11.9 Å². The zero-order valence-electron chi connectivity index (χ0n) is 14.2. The molecular formula is C17H24ClN3O4. The Labute approximate surface area is 153 Å². The number of halogens is 1. The second-order valence-corrected chi connectivity index (χ2v) is 5.90. The number of nitrogens with zero attached hydrogens (tertiary/aromatic N) is 1. The van der Waals surface area contributed by atoms with E-state index in [1.165, 1.54) is 0 Å². The molecule has 0 spiro atoms. The number of carboxylic acids is 1. The van der Waals surface area contributed by atoms with Gasteiger partial charge in [0.25, 0.3) is 5.91 Å². The molecule has 1 aliphatic rings. The Hall–Kier alpha value is -2.12. The lowest BCUT2D eigenvalue weighted by molar-refractivity contribution is -0.144. The highest BCUT2D eigenvalue weighted by molar-refractivity contribution is 5.97. The van der Waals surface area contributed by atoms with Crippen LogP contribution in [0.15, 0.2) is 24.3 Å². The van der Waals surface area contributed by atoms with E-state index in [2.05, 4.69) is 10.6 Å². The molecule has 1 aromatic carbocycles. The number of hydrogen-bond donors (Lipinski definition) is 3. The van der Waals surface area contributed by atoms with Crippen molar-refractivity contribution < 1.29 is 19.5 Å². The fourth-order valence-electron chi connectivity index (χ4n) is 2.81. The maximum atomic E-state index is 12.2. The largest absolute Gasteiger partial charge is 0.481 e. The minimum Gasteiger partial charge on any atom is -0.481 e. The van der Waals surface area contributed by atoms with Crippen LogP contribution >= 0.6 is 12.4 Å². The van der Waals surface area contributed by atoms with E-state index in [0.717, 1.165) is 13.0 Å². The molecule has 1 unspecified atom stereocenters. The number of benzene rings is 1. The smallest absolute Gasteiger partial charge is 0.307 e. The highest BCUT2D eigenvalue weighted by atomic mass is 35.5. The van der Waals surface area contributed by atoms with Gasteiger partial charge in [-0.2, -0.15) is 0 Å². The van der Waals surface area contributed by atoms with Crippen molar-refractivity contribution in [2.75, 3.05) is 31.5 Å². The maximum Gasteiger partial charge on any atom is 0.307 e. The molecule has 1 atom stereocenters. The molecule has 0 saturated carbocycles. The number of carboxylic acid groups (broad SMARTS) is 1. The van der Waals surface area contributed by atoms with Gasteiger partial charge in [-0.1, -0.05) is 6.07 Å². The number of hydrogen-bond acceptors (Lipinski definition) is 4. The summed E-state index contributed by atoms with van der Waals surface area (Å²) in [6.45, 7) is 3.63. The van der Waals surface area contributed by atoms with Crippen molar-refractivity contribution in [3.8, 4) is 0 Å². The van der Waals surface area contributed by atoms with Gasteiger partial charge in [0.1, 0.15) is 0 Å². The first-order valence-corrected chi connectivity index (χ1v) is 8.13. The summed E-state index contributed by atoms with van der Waals surface area (Å²) >= 11 is 0. The fourth-order valence-corrected chi connectivity index (χ4v) is 2.81. The molecule has 0 bridgehead atoms. The summed E-state index contributed by atoms with van der Waals surface area (Å²) in [5, 5.41) is 14.6. The van der Waals surface area contributed by atoms with Gasteiger partial charge in [-0.05, 0) is 44.5 Å². The number of amides is 2. The fraction of sp³-hybridized carbons (Fsp3) is 0.471. The Balaban J connectivity index is 0.00000312. The minimum atomic E-state index is -0.810. The van der Waals surface area contributed by atoms with Crippen LogP contribution in [-0.4, -0.2) is 54.0 Å². The lowest BCUT2D eigenvalue weighted by Gasteiger charge is -2.29. The topological polar surface area (TPSA) is 98.7 Å². The SMILES string of the molecule is CCNC(=O)c1cccc(NC(=O)CN2CCCC(C(=O)O)C2)c1.Cl. The Kier molecular flexibility index (Phi) is 8.37. The van der Waals surface area contributed by atoms with E-state index in [-0.39, 0.29) is 30.8 Å². The summed E-state index contributed by atoms with van der Waals surface area (Å²) in [5.74, 6) is -1.62. The van der Waals surface area contributed by atoms with Gasteiger partial charge in [0.15, 0.2) is 0 Å². The molecule has 1 fully saturated rings. The van der Waals surface area contributed by atoms with E-state index >= 15 is 0 Å². The first-order chi connectivity index (χ1) is 11.5. The second-order valence-electron chi connectivity index (χ2n) is 5.90. The van der Waals surface area contributed by atoms with Crippen LogP contribution in [-0.2, 0) is 9.59 Å². The van der Waals surface area contributed by atoms with Crippen LogP contribution in [0.25, 0.3) is 0 Å². The number of rotatable bonds is 6. The molecule has 0 radical (unpaired) electrons. The molecule has 0 aromatic heterocycles. The Morgan fingerprint density at radius 1 is 1.32 bits per heavy atom. The summed E-state index contributed by atoms with van der Waals surface area (Å²) in [7, 11) is 0. The minimum absolute atomic E-state index is 0. The van der Waals surface area contributed by atoms with Crippen molar-refractivity contribution in [2.24, 2.45) is 5.92 Å². The van der Waals surface area contributed by atoms with Crippen molar-refractivity contribution >= 4 is 35.9 Å². The number of carbonyl (C=O) groups excluding carboxylic acids is 2. The maximum absolute atomic E-state index is 12.2.